The van der Waals surface area contributed by atoms with Crippen molar-refractivity contribution in [2.75, 3.05) is 7.11 Å². The van der Waals surface area contributed by atoms with Crippen molar-refractivity contribution in [3.05, 3.63) is 101 Å². The maximum absolute atomic E-state index is 12.9. The SMILES string of the molecule is COc1ccc(CNC(=O)c2ccc(Cl)cc2-c2ccc3ccccc3c2)cc1. The molecule has 0 unspecified atom stereocenters. The molecule has 0 heterocycles. The van der Waals surface area contributed by atoms with Gasteiger partial charge in [-0.25, -0.2) is 0 Å². The summed E-state index contributed by atoms with van der Waals surface area (Å²) in [6.07, 6.45) is 0. The van der Waals surface area contributed by atoms with Crippen LogP contribution >= 0.6 is 11.6 Å². The molecule has 0 aliphatic rings. The predicted octanol–water partition coefficient (Wildman–Crippen LogP) is 6.10. The van der Waals surface area contributed by atoms with Crippen molar-refractivity contribution in [2.45, 2.75) is 6.54 Å². The van der Waals surface area contributed by atoms with E-state index >= 15 is 0 Å². The average Bonchev–Trinajstić information content (AvgIpc) is 2.77. The number of ether oxygens (including phenoxy) is 1. The summed E-state index contributed by atoms with van der Waals surface area (Å²) in [7, 11) is 1.63. The molecule has 0 saturated heterocycles. The number of hydrogen-bond acceptors (Lipinski definition) is 2. The highest BCUT2D eigenvalue weighted by atomic mass is 35.5. The Balaban J connectivity index is 1.62. The summed E-state index contributed by atoms with van der Waals surface area (Å²) in [5.74, 6) is 0.650. The Labute approximate surface area is 174 Å². The van der Waals surface area contributed by atoms with Crippen LogP contribution in [0.2, 0.25) is 5.02 Å². The number of carbonyl (C=O) groups excluding carboxylic acids is 1. The Morgan fingerprint density at radius 2 is 1.66 bits per heavy atom. The Morgan fingerprint density at radius 3 is 2.41 bits per heavy atom. The zero-order chi connectivity index (χ0) is 20.2. The molecular formula is C25H20ClNO2. The third kappa shape index (κ3) is 4.25. The van der Waals surface area contributed by atoms with Gasteiger partial charge < -0.3 is 10.1 Å². The maximum Gasteiger partial charge on any atom is 0.252 e. The molecular weight excluding hydrogens is 382 g/mol. The summed E-state index contributed by atoms with van der Waals surface area (Å²) in [6, 6.07) is 27.3. The van der Waals surface area contributed by atoms with Crippen LogP contribution in [0.3, 0.4) is 0 Å². The predicted molar refractivity (Wildman–Crippen MR) is 119 cm³/mol. The van der Waals surface area contributed by atoms with Crippen molar-refractivity contribution >= 4 is 28.3 Å². The van der Waals surface area contributed by atoms with Gasteiger partial charge in [0.25, 0.3) is 5.91 Å². The highest BCUT2D eigenvalue weighted by Gasteiger charge is 2.14. The van der Waals surface area contributed by atoms with E-state index in [2.05, 4.69) is 29.6 Å². The molecule has 3 nitrogen and oxygen atoms in total. The van der Waals surface area contributed by atoms with Crippen LogP contribution in [0.5, 0.6) is 5.75 Å². The van der Waals surface area contributed by atoms with Crippen LogP contribution in [-0.2, 0) is 6.54 Å². The molecule has 0 radical (unpaired) electrons. The van der Waals surface area contributed by atoms with E-state index in [4.69, 9.17) is 16.3 Å². The van der Waals surface area contributed by atoms with Gasteiger partial charge in [-0.15, -0.1) is 0 Å². The second kappa shape index (κ2) is 8.38. The third-order valence-corrected chi connectivity index (χ3v) is 5.13. The Bertz CT molecular complexity index is 1170. The average molecular weight is 402 g/mol. The summed E-state index contributed by atoms with van der Waals surface area (Å²) in [5, 5.41) is 5.87. The number of halogens is 1. The van der Waals surface area contributed by atoms with E-state index < -0.39 is 0 Å². The van der Waals surface area contributed by atoms with Crippen molar-refractivity contribution in [2.24, 2.45) is 0 Å². The van der Waals surface area contributed by atoms with Crippen molar-refractivity contribution < 1.29 is 9.53 Å². The Hall–Kier alpha value is -3.30. The number of methoxy groups -OCH3 is 1. The Kier molecular flexibility index (Phi) is 5.50. The summed E-state index contributed by atoms with van der Waals surface area (Å²) >= 11 is 6.25. The molecule has 0 aliphatic heterocycles. The molecule has 0 aromatic heterocycles. The largest absolute Gasteiger partial charge is 0.497 e. The van der Waals surface area contributed by atoms with E-state index in [0.29, 0.717) is 17.1 Å². The second-order valence-corrected chi connectivity index (χ2v) is 7.22. The fourth-order valence-electron chi connectivity index (χ4n) is 3.33. The van der Waals surface area contributed by atoms with Crippen LogP contribution in [0.25, 0.3) is 21.9 Å². The van der Waals surface area contributed by atoms with Crippen LogP contribution in [0.1, 0.15) is 15.9 Å². The fourth-order valence-corrected chi connectivity index (χ4v) is 3.50. The second-order valence-electron chi connectivity index (χ2n) is 6.78. The van der Waals surface area contributed by atoms with Crippen LogP contribution < -0.4 is 10.1 Å². The molecule has 144 valence electrons. The van der Waals surface area contributed by atoms with Crippen molar-refractivity contribution in [3.8, 4) is 16.9 Å². The first-order valence-corrected chi connectivity index (χ1v) is 9.72. The lowest BCUT2D eigenvalue weighted by atomic mass is 9.96. The summed E-state index contributed by atoms with van der Waals surface area (Å²) in [6.45, 7) is 0.433. The highest BCUT2D eigenvalue weighted by Crippen LogP contribution is 2.30. The molecule has 29 heavy (non-hydrogen) atoms. The molecule has 4 rings (SSSR count). The number of amides is 1. The highest BCUT2D eigenvalue weighted by molar-refractivity contribution is 6.31. The molecule has 4 heteroatoms. The van der Waals surface area contributed by atoms with Crippen molar-refractivity contribution in [1.82, 2.24) is 5.32 Å². The minimum atomic E-state index is -0.138. The molecule has 0 fully saturated rings. The van der Waals surface area contributed by atoms with Crippen molar-refractivity contribution in [3.63, 3.8) is 0 Å². The van der Waals surface area contributed by atoms with Gasteiger partial charge in [-0.05, 0) is 63.9 Å². The smallest absolute Gasteiger partial charge is 0.252 e. The molecule has 0 aliphatic carbocycles. The van der Waals surface area contributed by atoms with E-state index in [1.807, 2.05) is 48.5 Å². The molecule has 0 saturated carbocycles. The lowest BCUT2D eigenvalue weighted by molar-refractivity contribution is 0.0951. The molecule has 1 N–H and O–H groups in total. The first-order chi connectivity index (χ1) is 14.1. The van der Waals surface area contributed by atoms with E-state index in [9.17, 15) is 4.79 Å². The van der Waals surface area contributed by atoms with Crippen LogP contribution in [0.15, 0.2) is 84.9 Å². The van der Waals surface area contributed by atoms with Gasteiger partial charge in [0.2, 0.25) is 0 Å². The monoisotopic (exact) mass is 401 g/mol. The van der Waals surface area contributed by atoms with E-state index in [1.54, 1.807) is 19.2 Å². The number of benzene rings is 4. The molecule has 0 spiro atoms. The number of fused-ring (bicyclic) bond motifs is 1. The molecule has 0 atom stereocenters. The molecule has 0 bridgehead atoms. The van der Waals surface area contributed by atoms with Gasteiger partial charge in [-0.1, -0.05) is 60.1 Å². The van der Waals surface area contributed by atoms with E-state index in [0.717, 1.165) is 33.2 Å². The minimum Gasteiger partial charge on any atom is -0.497 e. The fraction of sp³-hybridized carbons (Fsp3) is 0.0800. The summed E-state index contributed by atoms with van der Waals surface area (Å²) in [4.78, 5) is 12.9. The first kappa shape index (κ1) is 19.0. The van der Waals surface area contributed by atoms with E-state index in [1.165, 1.54) is 0 Å². The summed E-state index contributed by atoms with van der Waals surface area (Å²) < 4.78 is 5.17. The van der Waals surface area contributed by atoms with Gasteiger partial charge in [-0.3, -0.25) is 4.79 Å². The van der Waals surface area contributed by atoms with Crippen LogP contribution in [0.4, 0.5) is 0 Å². The van der Waals surface area contributed by atoms with Crippen molar-refractivity contribution in [1.29, 1.82) is 0 Å². The van der Waals surface area contributed by atoms with Crippen LogP contribution in [0, 0.1) is 0 Å². The van der Waals surface area contributed by atoms with Gasteiger partial charge >= 0.3 is 0 Å². The lowest BCUT2D eigenvalue weighted by Crippen LogP contribution is -2.23. The van der Waals surface area contributed by atoms with Gasteiger partial charge in [-0.2, -0.15) is 0 Å². The topological polar surface area (TPSA) is 38.3 Å². The minimum absolute atomic E-state index is 0.138. The number of rotatable bonds is 5. The maximum atomic E-state index is 12.9. The number of hydrogen-bond donors (Lipinski definition) is 1. The van der Waals surface area contributed by atoms with Gasteiger partial charge in [0, 0.05) is 17.1 Å². The third-order valence-electron chi connectivity index (χ3n) is 4.90. The van der Waals surface area contributed by atoms with Gasteiger partial charge in [0.1, 0.15) is 5.75 Å². The number of carbonyl (C=O) groups is 1. The lowest BCUT2D eigenvalue weighted by Gasteiger charge is -2.12. The zero-order valence-corrected chi connectivity index (χ0v) is 16.7. The standard InChI is InChI=1S/C25H20ClNO2/c1-29-22-11-6-17(7-12-22)16-27-25(28)23-13-10-21(26)15-24(23)20-9-8-18-4-2-3-5-19(18)14-20/h2-15H,16H2,1H3,(H,27,28). The molecule has 4 aromatic rings. The van der Waals surface area contributed by atoms with Gasteiger partial charge in [0.15, 0.2) is 0 Å². The Morgan fingerprint density at radius 1 is 0.897 bits per heavy atom. The number of nitrogens with one attached hydrogen (secondary N) is 1. The zero-order valence-electron chi connectivity index (χ0n) is 16.0. The summed E-state index contributed by atoms with van der Waals surface area (Å²) in [5.41, 5.74) is 3.37. The van der Waals surface area contributed by atoms with E-state index in [-0.39, 0.29) is 5.91 Å². The van der Waals surface area contributed by atoms with Gasteiger partial charge in [0.05, 0.1) is 7.11 Å². The quantitative estimate of drug-likeness (QED) is 0.439. The van der Waals surface area contributed by atoms with Crippen LogP contribution in [-0.4, -0.2) is 13.0 Å². The first-order valence-electron chi connectivity index (χ1n) is 9.34. The molecule has 4 aromatic carbocycles. The normalized spacial score (nSPS) is 10.7. The molecule has 1 amide bonds.